The average molecular weight is 282 g/mol. The number of nitrogens with one attached hydrogen (secondary N) is 1. The van der Waals surface area contributed by atoms with E-state index in [4.69, 9.17) is 5.73 Å². The van der Waals surface area contributed by atoms with Crippen molar-refractivity contribution in [3.63, 3.8) is 0 Å². The molecule has 0 unspecified atom stereocenters. The van der Waals surface area contributed by atoms with Crippen molar-refractivity contribution in [1.29, 1.82) is 0 Å². The van der Waals surface area contributed by atoms with Crippen molar-refractivity contribution in [3.05, 3.63) is 41.3 Å². The summed E-state index contributed by atoms with van der Waals surface area (Å²) < 4.78 is 1.17. The number of nitrogens with zero attached hydrogens (tertiary/aromatic N) is 4. The van der Waals surface area contributed by atoms with Crippen molar-refractivity contribution in [2.45, 2.75) is 6.42 Å². The molecule has 0 aliphatic carbocycles. The first kappa shape index (κ1) is 11.3. The minimum Gasteiger partial charge on any atom is -0.368 e. The van der Waals surface area contributed by atoms with E-state index < -0.39 is 0 Å². The quantitative estimate of drug-likeness (QED) is 0.587. The Kier molecular flexibility index (Phi) is 2.40. The summed E-state index contributed by atoms with van der Waals surface area (Å²) >= 11 is 1.66. The number of hydrogen-bond acceptors (Lipinski definition) is 6. The lowest BCUT2D eigenvalue weighted by Crippen LogP contribution is -2.01. The van der Waals surface area contributed by atoms with Crippen LogP contribution < -0.4 is 5.73 Å². The van der Waals surface area contributed by atoms with Gasteiger partial charge in [-0.3, -0.25) is 0 Å². The molecule has 0 saturated carbocycles. The third-order valence-electron chi connectivity index (χ3n) is 3.03. The van der Waals surface area contributed by atoms with E-state index in [0.29, 0.717) is 12.1 Å². The third-order valence-corrected chi connectivity index (χ3v) is 4.07. The molecule has 0 aliphatic heterocycles. The van der Waals surface area contributed by atoms with Crippen LogP contribution in [0.3, 0.4) is 0 Å². The summed E-state index contributed by atoms with van der Waals surface area (Å²) in [5.41, 5.74) is 8.96. The summed E-state index contributed by atoms with van der Waals surface area (Å²) in [5, 5.41) is 1.00. The van der Waals surface area contributed by atoms with Crippen LogP contribution in [0.1, 0.15) is 10.7 Å². The smallest absolute Gasteiger partial charge is 0.222 e. The van der Waals surface area contributed by atoms with E-state index in [2.05, 4.69) is 31.0 Å². The van der Waals surface area contributed by atoms with E-state index in [1.165, 1.54) is 4.70 Å². The predicted octanol–water partition coefficient (Wildman–Crippen LogP) is 2.14. The summed E-state index contributed by atoms with van der Waals surface area (Å²) in [6.45, 7) is 0. The Morgan fingerprint density at radius 1 is 1.15 bits per heavy atom. The highest BCUT2D eigenvalue weighted by molar-refractivity contribution is 7.18. The number of nitrogen functional groups attached to an aromatic ring is 1. The molecule has 7 heteroatoms. The fraction of sp³-hybridized carbons (Fsp3) is 0.0769. The van der Waals surface area contributed by atoms with Crippen LogP contribution in [0.5, 0.6) is 0 Å². The Morgan fingerprint density at radius 2 is 2.05 bits per heavy atom. The molecule has 1 aromatic carbocycles. The van der Waals surface area contributed by atoms with Crippen molar-refractivity contribution >= 4 is 38.7 Å². The molecule has 6 nitrogen and oxygen atoms in total. The van der Waals surface area contributed by atoms with Gasteiger partial charge in [0.05, 0.1) is 27.2 Å². The number of para-hydroxylation sites is 1. The third kappa shape index (κ3) is 1.79. The molecule has 0 aliphatic rings. The number of hydrogen-bond donors (Lipinski definition) is 2. The van der Waals surface area contributed by atoms with Crippen molar-refractivity contribution in [2.75, 3.05) is 5.73 Å². The fourth-order valence-electron chi connectivity index (χ4n) is 2.18. The number of imidazole rings is 1. The molecular formula is C13H10N6S. The van der Waals surface area contributed by atoms with E-state index >= 15 is 0 Å². The average Bonchev–Trinajstić information content (AvgIpc) is 3.03. The van der Waals surface area contributed by atoms with Gasteiger partial charge in [-0.25, -0.2) is 15.0 Å². The molecule has 3 aromatic heterocycles. The summed E-state index contributed by atoms with van der Waals surface area (Å²) in [5.74, 6) is 0.237. The van der Waals surface area contributed by atoms with E-state index in [-0.39, 0.29) is 5.95 Å². The number of thiazole rings is 1. The first-order chi connectivity index (χ1) is 9.79. The minimum atomic E-state index is 0.237. The molecule has 3 heterocycles. The molecule has 4 aromatic rings. The summed E-state index contributed by atoms with van der Waals surface area (Å²) in [4.78, 5) is 20.2. The maximum absolute atomic E-state index is 5.72. The number of nitrogens with two attached hydrogens (primary N) is 1. The molecule has 20 heavy (non-hydrogen) atoms. The normalized spacial score (nSPS) is 11.4. The van der Waals surface area contributed by atoms with Crippen molar-refractivity contribution in [2.24, 2.45) is 0 Å². The molecular weight excluding hydrogens is 272 g/mol. The molecule has 0 saturated heterocycles. The lowest BCUT2D eigenvalue weighted by atomic mass is 10.3. The van der Waals surface area contributed by atoms with Crippen LogP contribution in [0.2, 0.25) is 0 Å². The first-order valence-corrected chi connectivity index (χ1v) is 6.91. The second-order valence-electron chi connectivity index (χ2n) is 4.38. The van der Waals surface area contributed by atoms with Gasteiger partial charge in [0.25, 0.3) is 0 Å². The second kappa shape index (κ2) is 4.24. The number of anilines is 1. The Bertz CT molecular complexity index is 876. The van der Waals surface area contributed by atoms with Crippen LogP contribution in [-0.2, 0) is 6.42 Å². The number of H-pyrrole nitrogens is 1. The van der Waals surface area contributed by atoms with Gasteiger partial charge in [-0.2, -0.15) is 4.98 Å². The molecule has 0 fully saturated rings. The fourth-order valence-corrected chi connectivity index (χ4v) is 3.15. The molecule has 0 atom stereocenters. The number of rotatable bonds is 2. The van der Waals surface area contributed by atoms with Crippen LogP contribution in [0.4, 0.5) is 5.95 Å². The van der Waals surface area contributed by atoms with E-state index in [1.54, 1.807) is 17.7 Å². The topological polar surface area (TPSA) is 93.4 Å². The second-order valence-corrected chi connectivity index (χ2v) is 5.50. The number of aromatic nitrogens is 5. The highest BCUT2D eigenvalue weighted by Gasteiger charge is 2.11. The zero-order chi connectivity index (χ0) is 13.5. The van der Waals surface area contributed by atoms with E-state index in [0.717, 1.165) is 21.7 Å². The van der Waals surface area contributed by atoms with Crippen molar-refractivity contribution in [3.8, 4) is 0 Å². The molecule has 0 amide bonds. The zero-order valence-corrected chi connectivity index (χ0v) is 11.2. The minimum absolute atomic E-state index is 0.237. The van der Waals surface area contributed by atoms with Crippen molar-refractivity contribution < 1.29 is 0 Å². The van der Waals surface area contributed by atoms with Gasteiger partial charge in [0, 0.05) is 6.42 Å². The van der Waals surface area contributed by atoms with Crippen LogP contribution >= 0.6 is 11.3 Å². The van der Waals surface area contributed by atoms with Gasteiger partial charge >= 0.3 is 0 Å². The summed E-state index contributed by atoms with van der Waals surface area (Å²) in [6, 6.07) is 8.08. The SMILES string of the molecule is Nc1nc(Cc2nc3ccccc3s2)c2[nH]cnc2n1. The van der Waals surface area contributed by atoms with Gasteiger partial charge in [0.1, 0.15) is 5.52 Å². The number of benzene rings is 1. The van der Waals surface area contributed by atoms with Crippen molar-refractivity contribution in [1.82, 2.24) is 24.9 Å². The lowest BCUT2D eigenvalue weighted by molar-refractivity contribution is 1.05. The molecule has 0 spiro atoms. The molecule has 3 N–H and O–H groups in total. The highest BCUT2D eigenvalue weighted by atomic mass is 32.1. The maximum Gasteiger partial charge on any atom is 0.222 e. The highest BCUT2D eigenvalue weighted by Crippen LogP contribution is 2.24. The van der Waals surface area contributed by atoms with Gasteiger partial charge in [0.15, 0.2) is 5.65 Å². The van der Waals surface area contributed by atoms with Gasteiger partial charge in [-0.05, 0) is 12.1 Å². The largest absolute Gasteiger partial charge is 0.368 e. The Hall–Kier alpha value is -2.54. The van der Waals surface area contributed by atoms with E-state index in [9.17, 15) is 0 Å². The lowest BCUT2D eigenvalue weighted by Gasteiger charge is -2.00. The standard InChI is InChI=1S/C13H10N6S/c14-13-18-8(11-12(19-13)16-6-15-11)5-10-17-7-3-1-2-4-9(7)20-10/h1-4,6H,5H2,(H3,14,15,16,18,19). The molecule has 0 bridgehead atoms. The van der Waals surface area contributed by atoms with E-state index in [1.807, 2.05) is 18.2 Å². The maximum atomic E-state index is 5.72. The van der Waals surface area contributed by atoms with Crippen LogP contribution in [-0.4, -0.2) is 24.9 Å². The van der Waals surface area contributed by atoms with Crippen LogP contribution in [0.15, 0.2) is 30.6 Å². The van der Waals surface area contributed by atoms with Gasteiger partial charge in [-0.1, -0.05) is 12.1 Å². The summed E-state index contributed by atoms with van der Waals surface area (Å²) in [7, 11) is 0. The van der Waals surface area contributed by atoms with Gasteiger partial charge in [-0.15, -0.1) is 11.3 Å². The predicted molar refractivity (Wildman–Crippen MR) is 78.5 cm³/mol. The first-order valence-electron chi connectivity index (χ1n) is 6.09. The Labute approximate surface area is 117 Å². The monoisotopic (exact) mass is 282 g/mol. The number of fused-ring (bicyclic) bond motifs is 2. The number of aromatic amines is 1. The molecule has 0 radical (unpaired) electrons. The van der Waals surface area contributed by atoms with Crippen LogP contribution in [0.25, 0.3) is 21.4 Å². The molecule has 4 rings (SSSR count). The Balaban J connectivity index is 1.81. The van der Waals surface area contributed by atoms with Gasteiger partial charge in [0.2, 0.25) is 5.95 Å². The van der Waals surface area contributed by atoms with Gasteiger partial charge < -0.3 is 10.7 Å². The Morgan fingerprint density at radius 3 is 2.95 bits per heavy atom. The molecule has 98 valence electrons. The zero-order valence-electron chi connectivity index (χ0n) is 10.4. The van der Waals surface area contributed by atoms with Crippen LogP contribution in [0, 0.1) is 0 Å². The summed E-state index contributed by atoms with van der Waals surface area (Å²) in [6.07, 6.45) is 2.21.